The van der Waals surface area contributed by atoms with Crippen LogP contribution in [0.3, 0.4) is 0 Å². The van der Waals surface area contributed by atoms with Crippen LogP contribution in [0.5, 0.6) is 0 Å². The lowest BCUT2D eigenvalue weighted by Gasteiger charge is -2.11. The number of hydrogen-bond donors (Lipinski definition) is 2. The molecule has 0 aliphatic rings. The summed E-state index contributed by atoms with van der Waals surface area (Å²) in [6, 6.07) is 12.0. The Kier molecular flexibility index (Phi) is 5.17. The Morgan fingerprint density at radius 2 is 1.73 bits per heavy atom. The number of halogens is 1. The minimum Gasteiger partial charge on any atom is -0.326 e. The van der Waals surface area contributed by atoms with E-state index in [0.29, 0.717) is 28.4 Å². The fourth-order valence-corrected chi connectivity index (χ4v) is 2.00. The van der Waals surface area contributed by atoms with Gasteiger partial charge in [0.2, 0.25) is 5.91 Å². The maximum Gasteiger partial charge on any atom is 0.255 e. The second kappa shape index (κ2) is 7.09. The molecule has 0 heterocycles. The number of rotatable bonds is 4. The van der Waals surface area contributed by atoms with Gasteiger partial charge in [-0.15, -0.1) is 0 Å². The number of nitrogens with one attached hydrogen (secondary N) is 2. The van der Waals surface area contributed by atoms with Gasteiger partial charge in [0.05, 0.1) is 0 Å². The van der Waals surface area contributed by atoms with Gasteiger partial charge in [-0.3, -0.25) is 9.59 Å². The highest BCUT2D eigenvalue weighted by atomic mass is 35.5. The molecule has 0 aliphatic carbocycles. The lowest BCUT2D eigenvalue weighted by atomic mass is 10.1. The zero-order valence-corrected chi connectivity index (χ0v) is 13.2. The predicted molar refractivity (Wildman–Crippen MR) is 89.5 cm³/mol. The molecule has 0 spiro atoms. The van der Waals surface area contributed by atoms with E-state index in [1.807, 2.05) is 13.0 Å². The van der Waals surface area contributed by atoms with E-state index < -0.39 is 0 Å². The first-order valence-electron chi connectivity index (χ1n) is 6.97. The highest BCUT2D eigenvalue weighted by Crippen LogP contribution is 2.21. The number of benzene rings is 2. The molecule has 5 heteroatoms. The molecule has 0 unspecified atom stereocenters. The quantitative estimate of drug-likeness (QED) is 0.886. The van der Waals surface area contributed by atoms with Crippen LogP contribution in [0.4, 0.5) is 11.4 Å². The van der Waals surface area contributed by atoms with Gasteiger partial charge in [0.25, 0.3) is 5.91 Å². The summed E-state index contributed by atoms with van der Waals surface area (Å²) in [7, 11) is 0. The summed E-state index contributed by atoms with van der Waals surface area (Å²) in [5.74, 6) is -0.294. The number of hydrogen-bond acceptors (Lipinski definition) is 2. The normalized spacial score (nSPS) is 10.1. The fraction of sp³-hybridized carbons (Fsp3) is 0.176. The number of anilines is 2. The smallest absolute Gasteiger partial charge is 0.255 e. The van der Waals surface area contributed by atoms with Gasteiger partial charge in [-0.2, -0.15) is 0 Å². The molecule has 0 aromatic heterocycles. The summed E-state index contributed by atoms with van der Waals surface area (Å²) < 4.78 is 0. The summed E-state index contributed by atoms with van der Waals surface area (Å²) in [6.45, 7) is 3.69. The molecule has 0 radical (unpaired) electrons. The van der Waals surface area contributed by atoms with Crippen LogP contribution in [0, 0.1) is 6.92 Å². The fourth-order valence-electron chi connectivity index (χ4n) is 1.88. The van der Waals surface area contributed by atoms with E-state index in [2.05, 4.69) is 10.6 Å². The standard InChI is InChI=1S/C17H17ClN2O2/c1-3-16(21)20-15-10-14(9-4-11(15)2)19-17(22)12-5-7-13(18)8-6-12/h4-10H,3H2,1-2H3,(H,19,22)(H,20,21). The largest absolute Gasteiger partial charge is 0.326 e. The lowest BCUT2D eigenvalue weighted by Crippen LogP contribution is -2.13. The predicted octanol–water partition coefficient (Wildman–Crippen LogP) is 4.25. The highest BCUT2D eigenvalue weighted by Gasteiger charge is 2.08. The molecule has 0 fully saturated rings. The van der Waals surface area contributed by atoms with Gasteiger partial charge in [-0.05, 0) is 48.9 Å². The Hall–Kier alpha value is -2.33. The lowest BCUT2D eigenvalue weighted by molar-refractivity contribution is -0.115. The van der Waals surface area contributed by atoms with Crippen LogP contribution in [0.2, 0.25) is 5.02 Å². The Labute approximate surface area is 134 Å². The molecule has 2 aromatic rings. The Morgan fingerprint density at radius 3 is 2.36 bits per heavy atom. The molecule has 4 nitrogen and oxygen atoms in total. The molecule has 2 aromatic carbocycles. The van der Waals surface area contributed by atoms with Gasteiger partial charge >= 0.3 is 0 Å². The molecule has 0 aliphatic heterocycles. The van der Waals surface area contributed by atoms with Crippen molar-refractivity contribution in [3.05, 3.63) is 58.6 Å². The Bertz CT molecular complexity index is 696. The zero-order valence-electron chi connectivity index (χ0n) is 12.4. The number of carbonyl (C=O) groups is 2. The minimum absolute atomic E-state index is 0.0655. The monoisotopic (exact) mass is 316 g/mol. The van der Waals surface area contributed by atoms with Crippen molar-refractivity contribution < 1.29 is 9.59 Å². The van der Waals surface area contributed by atoms with Crippen LogP contribution >= 0.6 is 11.6 Å². The van der Waals surface area contributed by atoms with Crippen molar-refractivity contribution in [1.82, 2.24) is 0 Å². The summed E-state index contributed by atoms with van der Waals surface area (Å²) in [6.07, 6.45) is 0.404. The van der Waals surface area contributed by atoms with Crippen molar-refractivity contribution in [1.29, 1.82) is 0 Å². The van der Waals surface area contributed by atoms with Gasteiger partial charge in [-0.1, -0.05) is 24.6 Å². The Balaban J connectivity index is 2.15. The van der Waals surface area contributed by atoms with E-state index in [1.54, 1.807) is 43.3 Å². The average molecular weight is 317 g/mol. The van der Waals surface area contributed by atoms with Crippen molar-refractivity contribution in [3.8, 4) is 0 Å². The first-order valence-corrected chi connectivity index (χ1v) is 7.35. The summed E-state index contributed by atoms with van der Waals surface area (Å²) >= 11 is 5.81. The van der Waals surface area contributed by atoms with Crippen molar-refractivity contribution >= 4 is 34.8 Å². The second-order valence-corrected chi connectivity index (χ2v) is 5.33. The maximum atomic E-state index is 12.2. The van der Waals surface area contributed by atoms with E-state index in [0.717, 1.165) is 5.56 Å². The third kappa shape index (κ3) is 4.09. The summed E-state index contributed by atoms with van der Waals surface area (Å²) in [4.78, 5) is 23.7. The molecule has 0 bridgehead atoms. The molecular formula is C17H17ClN2O2. The van der Waals surface area contributed by atoms with Crippen LogP contribution in [0.1, 0.15) is 29.3 Å². The van der Waals surface area contributed by atoms with Gasteiger partial charge in [-0.25, -0.2) is 0 Å². The summed E-state index contributed by atoms with van der Waals surface area (Å²) in [5.41, 5.74) is 2.77. The minimum atomic E-state index is -0.228. The van der Waals surface area contributed by atoms with Crippen molar-refractivity contribution in [2.75, 3.05) is 10.6 Å². The zero-order chi connectivity index (χ0) is 16.1. The van der Waals surface area contributed by atoms with Gasteiger partial charge in [0, 0.05) is 28.4 Å². The van der Waals surface area contributed by atoms with E-state index in [-0.39, 0.29) is 11.8 Å². The highest BCUT2D eigenvalue weighted by molar-refractivity contribution is 6.30. The third-order valence-corrected chi connectivity index (χ3v) is 3.45. The van der Waals surface area contributed by atoms with Crippen LogP contribution in [0.15, 0.2) is 42.5 Å². The number of carbonyl (C=O) groups excluding carboxylic acids is 2. The molecular weight excluding hydrogens is 300 g/mol. The summed E-state index contributed by atoms with van der Waals surface area (Å²) in [5, 5.41) is 6.20. The van der Waals surface area contributed by atoms with Crippen LogP contribution in [-0.4, -0.2) is 11.8 Å². The first kappa shape index (κ1) is 16.0. The molecule has 2 N–H and O–H groups in total. The van der Waals surface area contributed by atoms with E-state index in [1.165, 1.54) is 0 Å². The molecule has 2 amide bonds. The third-order valence-electron chi connectivity index (χ3n) is 3.20. The number of aryl methyl sites for hydroxylation is 1. The SMILES string of the molecule is CCC(=O)Nc1cc(NC(=O)c2ccc(Cl)cc2)ccc1C. The van der Waals surface area contributed by atoms with Crippen molar-refractivity contribution in [3.63, 3.8) is 0 Å². The number of amides is 2. The second-order valence-electron chi connectivity index (χ2n) is 4.89. The van der Waals surface area contributed by atoms with Crippen LogP contribution in [0.25, 0.3) is 0 Å². The molecule has 2 rings (SSSR count). The Morgan fingerprint density at radius 1 is 1.05 bits per heavy atom. The first-order chi connectivity index (χ1) is 10.5. The molecule has 0 atom stereocenters. The molecule has 22 heavy (non-hydrogen) atoms. The van der Waals surface area contributed by atoms with Crippen LogP contribution < -0.4 is 10.6 Å². The van der Waals surface area contributed by atoms with E-state index in [9.17, 15) is 9.59 Å². The van der Waals surface area contributed by atoms with Gasteiger partial charge in [0.1, 0.15) is 0 Å². The molecule has 0 saturated heterocycles. The van der Waals surface area contributed by atoms with Crippen molar-refractivity contribution in [2.45, 2.75) is 20.3 Å². The molecule has 0 saturated carbocycles. The van der Waals surface area contributed by atoms with E-state index in [4.69, 9.17) is 11.6 Å². The maximum absolute atomic E-state index is 12.2. The molecule has 114 valence electrons. The average Bonchev–Trinajstić information content (AvgIpc) is 2.51. The van der Waals surface area contributed by atoms with Crippen molar-refractivity contribution in [2.24, 2.45) is 0 Å². The van der Waals surface area contributed by atoms with Gasteiger partial charge < -0.3 is 10.6 Å². The van der Waals surface area contributed by atoms with Crippen LogP contribution in [-0.2, 0) is 4.79 Å². The van der Waals surface area contributed by atoms with E-state index >= 15 is 0 Å². The topological polar surface area (TPSA) is 58.2 Å². The van der Waals surface area contributed by atoms with Gasteiger partial charge in [0.15, 0.2) is 0 Å².